The first-order valence-electron chi connectivity index (χ1n) is 6.67. The molecule has 0 amide bonds. The Balaban J connectivity index is 1.84. The van der Waals surface area contributed by atoms with Crippen molar-refractivity contribution in [2.75, 3.05) is 0 Å². The molecule has 1 aromatic carbocycles. The lowest BCUT2D eigenvalue weighted by atomic mass is 10.1. The van der Waals surface area contributed by atoms with Crippen molar-refractivity contribution in [1.29, 1.82) is 0 Å². The van der Waals surface area contributed by atoms with E-state index in [4.69, 9.17) is 4.52 Å². The maximum absolute atomic E-state index is 11.7. The van der Waals surface area contributed by atoms with Crippen LogP contribution in [0.15, 0.2) is 21.1 Å². The third kappa shape index (κ3) is 2.68. The Hall–Kier alpha value is -1.49. The molecule has 2 aromatic rings. The van der Waals surface area contributed by atoms with Crippen LogP contribution in [0.4, 0.5) is 0 Å². The monoisotopic (exact) mass is 334 g/mol. The van der Waals surface area contributed by atoms with Crippen LogP contribution in [-0.2, 0) is 11.2 Å². The van der Waals surface area contributed by atoms with E-state index in [1.165, 1.54) is 0 Å². The molecular weight excluding hydrogens is 320 g/mol. The highest BCUT2D eigenvalue weighted by Crippen LogP contribution is 2.31. The van der Waals surface area contributed by atoms with Crippen molar-refractivity contribution in [2.24, 2.45) is 5.92 Å². The Morgan fingerprint density at radius 1 is 1.35 bits per heavy atom. The van der Waals surface area contributed by atoms with E-state index in [1.807, 2.05) is 26.0 Å². The molecule has 1 fully saturated rings. The highest BCUT2D eigenvalue weighted by atomic mass is 79.9. The zero-order valence-electron chi connectivity index (χ0n) is 11.4. The standard InChI is InChI=1S/C15H15BrN2O2/c1-8-5-11(6-9(2)14(8)16)15-17-13(20-18-15)7-12(19)10-3-4-10/h5-6,10H,3-4,7H2,1-2H3. The second kappa shape index (κ2) is 5.13. The van der Waals surface area contributed by atoms with E-state index in [1.54, 1.807) is 0 Å². The summed E-state index contributed by atoms with van der Waals surface area (Å²) in [7, 11) is 0. The fraction of sp³-hybridized carbons (Fsp3) is 0.400. The second-order valence-electron chi connectivity index (χ2n) is 5.35. The summed E-state index contributed by atoms with van der Waals surface area (Å²) in [6.45, 7) is 4.05. The van der Waals surface area contributed by atoms with E-state index in [0.717, 1.165) is 34.0 Å². The molecule has 1 aliphatic carbocycles. The number of ketones is 1. The predicted molar refractivity (Wildman–Crippen MR) is 78.3 cm³/mol. The van der Waals surface area contributed by atoms with E-state index < -0.39 is 0 Å². The molecule has 0 spiro atoms. The number of carbonyl (C=O) groups excluding carboxylic acids is 1. The molecule has 1 aliphatic rings. The number of benzene rings is 1. The van der Waals surface area contributed by atoms with Crippen molar-refractivity contribution < 1.29 is 9.32 Å². The number of halogens is 1. The van der Waals surface area contributed by atoms with Gasteiger partial charge in [0.05, 0.1) is 6.42 Å². The molecule has 0 radical (unpaired) electrons. The molecule has 0 saturated heterocycles. The SMILES string of the molecule is Cc1cc(-c2noc(CC(=O)C3CC3)n2)cc(C)c1Br. The minimum absolute atomic E-state index is 0.211. The average molecular weight is 335 g/mol. The zero-order valence-corrected chi connectivity index (χ0v) is 13.0. The molecule has 0 unspecified atom stereocenters. The first-order valence-corrected chi connectivity index (χ1v) is 7.46. The molecule has 0 N–H and O–H groups in total. The van der Waals surface area contributed by atoms with E-state index in [2.05, 4.69) is 26.1 Å². The van der Waals surface area contributed by atoms with Crippen molar-refractivity contribution in [3.63, 3.8) is 0 Å². The molecule has 1 aromatic heterocycles. The lowest BCUT2D eigenvalue weighted by Gasteiger charge is -2.04. The maximum atomic E-state index is 11.7. The van der Waals surface area contributed by atoms with Crippen molar-refractivity contribution in [1.82, 2.24) is 10.1 Å². The fourth-order valence-electron chi connectivity index (χ4n) is 2.22. The van der Waals surface area contributed by atoms with Gasteiger partial charge in [-0.1, -0.05) is 21.1 Å². The maximum Gasteiger partial charge on any atom is 0.234 e. The van der Waals surface area contributed by atoms with Crippen LogP contribution in [-0.4, -0.2) is 15.9 Å². The first kappa shape index (κ1) is 13.5. The molecule has 1 heterocycles. The van der Waals surface area contributed by atoms with Gasteiger partial charge >= 0.3 is 0 Å². The summed E-state index contributed by atoms with van der Waals surface area (Å²) in [6.07, 6.45) is 2.27. The summed E-state index contributed by atoms with van der Waals surface area (Å²) in [5.74, 6) is 1.39. The lowest BCUT2D eigenvalue weighted by Crippen LogP contribution is -2.04. The van der Waals surface area contributed by atoms with Crippen LogP contribution < -0.4 is 0 Å². The predicted octanol–water partition coefficient (Wildman–Crippen LogP) is 3.64. The van der Waals surface area contributed by atoms with Crippen molar-refractivity contribution in [2.45, 2.75) is 33.1 Å². The van der Waals surface area contributed by atoms with Gasteiger partial charge < -0.3 is 4.52 Å². The van der Waals surface area contributed by atoms with Gasteiger partial charge in [-0.2, -0.15) is 4.98 Å². The smallest absolute Gasteiger partial charge is 0.234 e. The van der Waals surface area contributed by atoms with Gasteiger partial charge in [0.1, 0.15) is 5.78 Å². The van der Waals surface area contributed by atoms with Crippen LogP contribution in [0.5, 0.6) is 0 Å². The summed E-state index contributed by atoms with van der Waals surface area (Å²) < 4.78 is 6.28. The third-order valence-corrected chi connectivity index (χ3v) is 4.77. The number of carbonyl (C=O) groups is 1. The van der Waals surface area contributed by atoms with E-state index >= 15 is 0 Å². The Bertz CT molecular complexity index is 651. The van der Waals surface area contributed by atoms with E-state index in [0.29, 0.717) is 11.7 Å². The minimum atomic E-state index is 0.211. The third-order valence-electron chi connectivity index (χ3n) is 3.52. The molecular formula is C15H15BrN2O2. The van der Waals surface area contributed by atoms with Crippen molar-refractivity contribution in [3.8, 4) is 11.4 Å². The average Bonchev–Trinajstić information content (AvgIpc) is 3.16. The van der Waals surface area contributed by atoms with Gasteiger partial charge in [-0.15, -0.1) is 0 Å². The van der Waals surface area contributed by atoms with E-state index in [9.17, 15) is 4.79 Å². The summed E-state index contributed by atoms with van der Waals surface area (Å²) in [5.41, 5.74) is 3.16. The molecule has 5 heteroatoms. The molecule has 20 heavy (non-hydrogen) atoms. The van der Waals surface area contributed by atoms with Crippen LogP contribution >= 0.6 is 15.9 Å². The second-order valence-corrected chi connectivity index (χ2v) is 6.15. The van der Waals surface area contributed by atoms with E-state index in [-0.39, 0.29) is 18.1 Å². The normalized spacial score (nSPS) is 14.6. The van der Waals surface area contributed by atoms with Crippen LogP contribution in [0.3, 0.4) is 0 Å². The largest absolute Gasteiger partial charge is 0.339 e. The number of hydrogen-bond donors (Lipinski definition) is 0. The Morgan fingerprint density at radius 2 is 2.00 bits per heavy atom. The minimum Gasteiger partial charge on any atom is -0.339 e. The fourth-order valence-corrected chi connectivity index (χ4v) is 2.45. The van der Waals surface area contributed by atoms with Gasteiger partial charge in [-0.3, -0.25) is 4.79 Å². The molecule has 0 bridgehead atoms. The lowest BCUT2D eigenvalue weighted by molar-refractivity contribution is -0.119. The van der Waals surface area contributed by atoms with Gasteiger partial charge in [0.25, 0.3) is 0 Å². The molecule has 0 atom stereocenters. The van der Waals surface area contributed by atoms with Crippen molar-refractivity contribution in [3.05, 3.63) is 33.6 Å². The zero-order chi connectivity index (χ0) is 14.3. The quantitative estimate of drug-likeness (QED) is 0.856. The van der Waals surface area contributed by atoms with Crippen LogP contribution in [0.2, 0.25) is 0 Å². The van der Waals surface area contributed by atoms with Crippen LogP contribution in [0.1, 0.15) is 29.9 Å². The molecule has 4 nitrogen and oxygen atoms in total. The Morgan fingerprint density at radius 3 is 2.60 bits per heavy atom. The number of nitrogens with zero attached hydrogens (tertiary/aromatic N) is 2. The molecule has 104 valence electrons. The number of aryl methyl sites for hydroxylation is 2. The summed E-state index contributed by atoms with van der Waals surface area (Å²) in [4.78, 5) is 16.1. The number of aromatic nitrogens is 2. The van der Waals surface area contributed by atoms with Gasteiger partial charge in [-0.05, 0) is 49.9 Å². The Labute approximate surface area is 125 Å². The summed E-state index contributed by atoms with van der Waals surface area (Å²) >= 11 is 3.54. The molecule has 1 saturated carbocycles. The summed E-state index contributed by atoms with van der Waals surface area (Å²) in [6, 6.07) is 4.02. The van der Waals surface area contributed by atoms with Gasteiger partial charge in [0, 0.05) is 16.0 Å². The molecule has 0 aliphatic heterocycles. The van der Waals surface area contributed by atoms with Gasteiger partial charge in [0.2, 0.25) is 11.7 Å². The number of Topliss-reactive ketones (excluding diaryl/α,β-unsaturated/α-hetero) is 1. The topological polar surface area (TPSA) is 56.0 Å². The first-order chi connectivity index (χ1) is 9.54. The van der Waals surface area contributed by atoms with Crippen LogP contribution in [0.25, 0.3) is 11.4 Å². The van der Waals surface area contributed by atoms with Crippen LogP contribution in [0, 0.1) is 19.8 Å². The highest BCUT2D eigenvalue weighted by Gasteiger charge is 2.30. The molecule has 3 rings (SSSR count). The van der Waals surface area contributed by atoms with Crippen molar-refractivity contribution >= 4 is 21.7 Å². The van der Waals surface area contributed by atoms with Gasteiger partial charge in [0.15, 0.2) is 0 Å². The number of rotatable bonds is 4. The summed E-state index contributed by atoms with van der Waals surface area (Å²) in [5, 5.41) is 3.98. The van der Waals surface area contributed by atoms with Gasteiger partial charge in [-0.25, -0.2) is 0 Å². The number of hydrogen-bond acceptors (Lipinski definition) is 4. The Kier molecular flexibility index (Phi) is 3.46. The highest BCUT2D eigenvalue weighted by molar-refractivity contribution is 9.10.